The van der Waals surface area contributed by atoms with Crippen molar-refractivity contribution in [1.29, 1.82) is 5.41 Å². The van der Waals surface area contributed by atoms with Gasteiger partial charge in [-0.1, -0.05) is 0 Å². The first-order valence-electron chi connectivity index (χ1n) is 10.6. The van der Waals surface area contributed by atoms with Gasteiger partial charge in [-0.2, -0.15) is 0 Å². The van der Waals surface area contributed by atoms with E-state index in [-0.39, 0.29) is 24.1 Å². The van der Waals surface area contributed by atoms with E-state index in [9.17, 15) is 9.90 Å². The molecule has 4 N–H and O–H groups in total. The number of aliphatic hydroxyl groups is 1. The van der Waals surface area contributed by atoms with Crippen molar-refractivity contribution in [2.24, 2.45) is 5.73 Å². The maximum absolute atomic E-state index is 12.1. The summed E-state index contributed by atoms with van der Waals surface area (Å²) in [6.45, 7) is 9.15. The first-order valence-corrected chi connectivity index (χ1v) is 10.6. The van der Waals surface area contributed by atoms with Crippen LogP contribution in [-0.4, -0.2) is 75.2 Å². The lowest BCUT2D eigenvalue weighted by molar-refractivity contribution is -0.162. The second kappa shape index (κ2) is 8.85. The smallest absolute Gasteiger partial charge is 0.309 e. The molecule has 0 radical (unpaired) electrons. The molecule has 0 unspecified atom stereocenters. The number of nitrogens with zero attached hydrogens (tertiary/aromatic N) is 4. The Bertz CT molecular complexity index is 745. The molecule has 0 spiro atoms. The molecule has 0 atom stereocenters. The van der Waals surface area contributed by atoms with Gasteiger partial charge in [-0.15, -0.1) is 0 Å². The number of nitrogens with two attached hydrogens (primary N) is 1. The maximum Gasteiger partial charge on any atom is 0.309 e. The van der Waals surface area contributed by atoms with Crippen LogP contribution >= 0.6 is 0 Å². The molecule has 2 fully saturated rings. The lowest BCUT2D eigenvalue weighted by atomic mass is 9.79. The fourth-order valence-corrected chi connectivity index (χ4v) is 4.30. The van der Waals surface area contributed by atoms with Crippen LogP contribution in [0.4, 0.5) is 5.69 Å². The SMILES string of the molecule is CC(C)(C)OC(=O)CC1(O)CCC(N2CCN(c3cnc(C(=N)N)nc3)CC2)CC1. The first kappa shape index (κ1) is 22.4. The largest absolute Gasteiger partial charge is 0.460 e. The second-order valence-electron chi connectivity index (χ2n) is 9.42. The summed E-state index contributed by atoms with van der Waals surface area (Å²) in [4.78, 5) is 25.1. The molecule has 1 saturated carbocycles. The topological polar surface area (TPSA) is 129 Å². The molecule has 1 aromatic heterocycles. The van der Waals surface area contributed by atoms with Crippen LogP contribution < -0.4 is 10.6 Å². The van der Waals surface area contributed by atoms with E-state index in [1.165, 1.54) is 0 Å². The number of rotatable bonds is 5. The highest BCUT2D eigenvalue weighted by Crippen LogP contribution is 2.34. The van der Waals surface area contributed by atoms with E-state index in [2.05, 4.69) is 19.8 Å². The Labute approximate surface area is 178 Å². The summed E-state index contributed by atoms with van der Waals surface area (Å²) in [7, 11) is 0. The van der Waals surface area contributed by atoms with E-state index in [4.69, 9.17) is 15.9 Å². The van der Waals surface area contributed by atoms with Crippen LogP contribution in [0.1, 0.15) is 58.7 Å². The van der Waals surface area contributed by atoms with Gasteiger partial charge in [0.05, 0.1) is 30.1 Å². The van der Waals surface area contributed by atoms with Crippen LogP contribution in [0.2, 0.25) is 0 Å². The predicted molar refractivity (Wildman–Crippen MR) is 115 cm³/mol. The average Bonchev–Trinajstić information content (AvgIpc) is 2.67. The van der Waals surface area contributed by atoms with Crippen molar-refractivity contribution in [2.75, 3.05) is 31.1 Å². The zero-order chi connectivity index (χ0) is 21.9. The number of carbonyl (C=O) groups is 1. The fraction of sp³-hybridized carbons (Fsp3) is 0.714. The van der Waals surface area contributed by atoms with Crippen LogP contribution in [0.5, 0.6) is 0 Å². The summed E-state index contributed by atoms with van der Waals surface area (Å²) in [5.41, 5.74) is 4.88. The highest BCUT2D eigenvalue weighted by atomic mass is 16.6. The zero-order valence-electron chi connectivity index (χ0n) is 18.2. The van der Waals surface area contributed by atoms with Gasteiger partial charge in [0.25, 0.3) is 0 Å². The van der Waals surface area contributed by atoms with E-state index in [0.717, 1.165) is 44.7 Å². The second-order valence-corrected chi connectivity index (χ2v) is 9.42. The van der Waals surface area contributed by atoms with Crippen LogP contribution in [0.3, 0.4) is 0 Å². The number of nitrogens with one attached hydrogen (secondary N) is 1. The standard InChI is InChI=1S/C21H34N6O3/c1-20(2,3)30-17(28)12-21(29)6-4-15(5-7-21)26-8-10-27(11-9-26)16-13-24-19(18(22)23)25-14-16/h13-15,29H,4-12H2,1-3H3,(H3,22,23). The van der Waals surface area contributed by atoms with Gasteiger partial charge in [0.2, 0.25) is 0 Å². The number of piperazine rings is 1. The number of carbonyl (C=O) groups excluding carboxylic acids is 1. The molecule has 1 aromatic rings. The zero-order valence-corrected chi connectivity index (χ0v) is 18.2. The van der Waals surface area contributed by atoms with Crippen molar-refractivity contribution in [3.63, 3.8) is 0 Å². The summed E-state index contributed by atoms with van der Waals surface area (Å²) in [5.74, 6) is -0.205. The fourth-order valence-electron chi connectivity index (χ4n) is 4.30. The Morgan fingerprint density at radius 1 is 1.23 bits per heavy atom. The van der Waals surface area contributed by atoms with Gasteiger partial charge in [0.15, 0.2) is 11.7 Å². The van der Waals surface area contributed by atoms with Crippen LogP contribution in [0.25, 0.3) is 0 Å². The summed E-state index contributed by atoms with van der Waals surface area (Å²) in [5, 5.41) is 18.2. The predicted octanol–water partition coefficient (Wildman–Crippen LogP) is 1.29. The molecule has 2 heterocycles. The Kier molecular flexibility index (Phi) is 6.62. The number of aromatic nitrogens is 2. The number of hydrogen-bond donors (Lipinski definition) is 3. The molecule has 2 aliphatic rings. The van der Waals surface area contributed by atoms with Crippen molar-refractivity contribution in [3.8, 4) is 0 Å². The molecule has 1 aliphatic heterocycles. The highest BCUT2D eigenvalue weighted by molar-refractivity contribution is 5.91. The quantitative estimate of drug-likeness (QED) is 0.371. The minimum atomic E-state index is -0.948. The van der Waals surface area contributed by atoms with E-state index >= 15 is 0 Å². The molecule has 0 bridgehead atoms. The van der Waals surface area contributed by atoms with E-state index in [1.807, 2.05) is 20.8 Å². The molecule has 9 heteroatoms. The number of amidine groups is 1. The maximum atomic E-state index is 12.1. The third-order valence-electron chi connectivity index (χ3n) is 5.85. The average molecular weight is 419 g/mol. The molecule has 0 aromatic carbocycles. The van der Waals surface area contributed by atoms with E-state index in [0.29, 0.717) is 18.9 Å². The summed E-state index contributed by atoms with van der Waals surface area (Å²) < 4.78 is 5.38. The number of esters is 1. The number of hydrogen-bond acceptors (Lipinski definition) is 8. The van der Waals surface area contributed by atoms with E-state index in [1.54, 1.807) is 12.4 Å². The van der Waals surface area contributed by atoms with Gasteiger partial charge < -0.3 is 20.5 Å². The third-order valence-corrected chi connectivity index (χ3v) is 5.85. The molecular formula is C21H34N6O3. The number of nitrogen functional groups attached to an aromatic ring is 1. The molecule has 9 nitrogen and oxygen atoms in total. The van der Waals surface area contributed by atoms with Gasteiger partial charge >= 0.3 is 5.97 Å². The van der Waals surface area contributed by atoms with Crippen molar-refractivity contribution in [1.82, 2.24) is 14.9 Å². The van der Waals surface area contributed by atoms with Crippen LogP contribution in [0, 0.1) is 5.41 Å². The minimum absolute atomic E-state index is 0.0705. The molecule has 0 amide bonds. The van der Waals surface area contributed by atoms with Gasteiger partial charge in [0.1, 0.15) is 5.60 Å². The monoisotopic (exact) mass is 418 g/mol. The van der Waals surface area contributed by atoms with Gasteiger partial charge in [-0.25, -0.2) is 9.97 Å². The Morgan fingerprint density at radius 2 is 1.80 bits per heavy atom. The Balaban J connectivity index is 1.46. The summed E-state index contributed by atoms with van der Waals surface area (Å²) in [6, 6.07) is 0.433. The minimum Gasteiger partial charge on any atom is -0.460 e. The van der Waals surface area contributed by atoms with Crippen molar-refractivity contribution >= 4 is 17.5 Å². The van der Waals surface area contributed by atoms with Crippen LogP contribution in [0.15, 0.2) is 12.4 Å². The summed E-state index contributed by atoms with van der Waals surface area (Å²) in [6.07, 6.45) is 6.52. The Morgan fingerprint density at radius 3 is 2.30 bits per heavy atom. The lowest BCUT2D eigenvalue weighted by Crippen LogP contribution is -2.53. The third kappa shape index (κ3) is 5.89. The molecule has 1 saturated heterocycles. The van der Waals surface area contributed by atoms with Gasteiger partial charge in [-0.05, 0) is 46.5 Å². The normalized spacial score (nSPS) is 25.7. The van der Waals surface area contributed by atoms with Crippen molar-refractivity contribution < 1.29 is 14.6 Å². The number of ether oxygens (including phenoxy) is 1. The molecular weight excluding hydrogens is 384 g/mol. The van der Waals surface area contributed by atoms with Crippen LogP contribution in [-0.2, 0) is 9.53 Å². The molecule has 1 aliphatic carbocycles. The van der Waals surface area contributed by atoms with E-state index < -0.39 is 11.2 Å². The van der Waals surface area contributed by atoms with Gasteiger partial charge in [0, 0.05) is 32.2 Å². The number of anilines is 1. The molecule has 30 heavy (non-hydrogen) atoms. The van der Waals surface area contributed by atoms with Gasteiger partial charge in [-0.3, -0.25) is 15.1 Å². The summed E-state index contributed by atoms with van der Waals surface area (Å²) >= 11 is 0. The van der Waals surface area contributed by atoms with Crippen molar-refractivity contribution in [2.45, 2.75) is 70.1 Å². The first-order chi connectivity index (χ1) is 14.0. The van der Waals surface area contributed by atoms with Crippen molar-refractivity contribution in [3.05, 3.63) is 18.2 Å². The Hall–Kier alpha value is -2.26. The highest BCUT2D eigenvalue weighted by Gasteiger charge is 2.38. The lowest BCUT2D eigenvalue weighted by Gasteiger charge is -2.44. The molecule has 3 rings (SSSR count). The molecule has 166 valence electrons.